The monoisotopic (exact) mass is 239 g/mol. The molecule has 2 unspecified atom stereocenters. The number of nitrogens with one attached hydrogen (secondary N) is 1. The van der Waals surface area contributed by atoms with Crippen molar-refractivity contribution >= 4 is 11.8 Å². The number of rotatable bonds is 5. The molecule has 1 fully saturated rings. The highest BCUT2D eigenvalue weighted by Gasteiger charge is 2.23. The van der Waals surface area contributed by atoms with E-state index < -0.39 is 0 Å². The Morgan fingerprint density at radius 1 is 1.56 bits per heavy atom. The first kappa shape index (κ1) is 12.1. The molecule has 1 aromatic heterocycles. The zero-order valence-electron chi connectivity index (χ0n) is 9.95. The largest absolute Gasteiger partial charge is 0.472 e. The summed E-state index contributed by atoms with van der Waals surface area (Å²) in [5.74, 6) is 1.33. The van der Waals surface area contributed by atoms with E-state index in [1.807, 2.05) is 6.26 Å². The molecule has 3 heteroatoms. The molecule has 1 saturated heterocycles. The second-order valence-corrected chi connectivity index (χ2v) is 5.75. The highest BCUT2D eigenvalue weighted by Crippen LogP contribution is 2.29. The van der Waals surface area contributed by atoms with E-state index in [0.717, 1.165) is 18.2 Å². The van der Waals surface area contributed by atoms with Gasteiger partial charge in [0, 0.05) is 11.3 Å². The van der Waals surface area contributed by atoms with E-state index in [0.29, 0.717) is 6.04 Å². The van der Waals surface area contributed by atoms with E-state index in [9.17, 15) is 0 Å². The summed E-state index contributed by atoms with van der Waals surface area (Å²) in [5.41, 5.74) is 1.32. The molecule has 0 bridgehead atoms. The number of thioether (sulfide) groups is 1. The van der Waals surface area contributed by atoms with Crippen molar-refractivity contribution in [3.05, 3.63) is 24.2 Å². The van der Waals surface area contributed by atoms with Crippen LogP contribution in [0.1, 0.15) is 31.7 Å². The normalized spacial score (nSPS) is 23.2. The predicted octanol–water partition coefficient (Wildman–Crippen LogP) is 3.09. The van der Waals surface area contributed by atoms with E-state index in [4.69, 9.17) is 4.42 Å². The Bertz CT molecular complexity index is 280. The predicted molar refractivity (Wildman–Crippen MR) is 70.0 cm³/mol. The number of hydrogen-bond donors (Lipinski definition) is 1. The van der Waals surface area contributed by atoms with Crippen molar-refractivity contribution in [2.24, 2.45) is 0 Å². The zero-order chi connectivity index (χ0) is 11.2. The lowest BCUT2D eigenvalue weighted by molar-refractivity contribution is 0.469. The SMILES string of the molecule is CCNC(Cc1ccoc1)C1CCCCS1. The fourth-order valence-corrected chi connectivity index (χ4v) is 3.77. The Labute approximate surface area is 102 Å². The van der Waals surface area contributed by atoms with Gasteiger partial charge in [0.05, 0.1) is 12.5 Å². The summed E-state index contributed by atoms with van der Waals surface area (Å²) < 4.78 is 5.15. The Kier molecular flexibility index (Phi) is 4.79. The third-order valence-corrected chi connectivity index (χ3v) is 4.68. The van der Waals surface area contributed by atoms with Gasteiger partial charge in [-0.15, -0.1) is 0 Å². The first-order valence-corrected chi connectivity index (χ1v) is 7.31. The molecular weight excluding hydrogens is 218 g/mol. The summed E-state index contributed by atoms with van der Waals surface area (Å²) in [6.07, 6.45) is 8.89. The standard InChI is InChI=1S/C13H21NOS/c1-2-14-12(9-11-6-7-15-10-11)13-5-3-4-8-16-13/h6-7,10,12-14H,2-5,8-9H2,1H3. The van der Waals surface area contributed by atoms with Gasteiger partial charge in [-0.1, -0.05) is 13.3 Å². The van der Waals surface area contributed by atoms with E-state index in [-0.39, 0.29) is 0 Å². The summed E-state index contributed by atoms with van der Waals surface area (Å²) in [6, 6.07) is 2.69. The molecule has 2 nitrogen and oxygen atoms in total. The third-order valence-electron chi connectivity index (χ3n) is 3.17. The van der Waals surface area contributed by atoms with Crippen LogP contribution in [0.2, 0.25) is 0 Å². The minimum absolute atomic E-state index is 0.605. The molecule has 1 aliphatic rings. The summed E-state index contributed by atoms with van der Waals surface area (Å²) in [5, 5.41) is 4.41. The van der Waals surface area contributed by atoms with Crippen molar-refractivity contribution in [3.8, 4) is 0 Å². The van der Waals surface area contributed by atoms with Crippen LogP contribution in [0.15, 0.2) is 23.0 Å². The van der Waals surface area contributed by atoms with E-state index in [1.54, 1.807) is 6.26 Å². The number of furan rings is 1. The van der Waals surface area contributed by atoms with Crippen molar-refractivity contribution in [1.82, 2.24) is 5.32 Å². The summed E-state index contributed by atoms with van der Waals surface area (Å²) in [6.45, 7) is 3.25. The van der Waals surface area contributed by atoms with Crippen LogP contribution in [0, 0.1) is 0 Å². The van der Waals surface area contributed by atoms with E-state index in [1.165, 1.54) is 30.6 Å². The lowest BCUT2D eigenvalue weighted by Gasteiger charge is -2.30. The van der Waals surface area contributed by atoms with Crippen molar-refractivity contribution in [2.45, 2.75) is 43.9 Å². The number of likely N-dealkylation sites (N-methyl/N-ethyl adjacent to an activating group) is 1. The second kappa shape index (κ2) is 6.36. The van der Waals surface area contributed by atoms with Gasteiger partial charge >= 0.3 is 0 Å². The van der Waals surface area contributed by atoms with Gasteiger partial charge in [0.15, 0.2) is 0 Å². The molecule has 2 heterocycles. The highest BCUT2D eigenvalue weighted by molar-refractivity contribution is 8.00. The van der Waals surface area contributed by atoms with Crippen molar-refractivity contribution in [3.63, 3.8) is 0 Å². The quantitative estimate of drug-likeness (QED) is 0.855. The van der Waals surface area contributed by atoms with Gasteiger partial charge in [-0.2, -0.15) is 11.8 Å². The topological polar surface area (TPSA) is 25.2 Å². The van der Waals surface area contributed by atoms with Gasteiger partial charge in [0.1, 0.15) is 0 Å². The van der Waals surface area contributed by atoms with E-state index >= 15 is 0 Å². The van der Waals surface area contributed by atoms with Crippen LogP contribution in [0.5, 0.6) is 0 Å². The molecule has 0 aliphatic carbocycles. The lowest BCUT2D eigenvalue weighted by atomic mass is 10.0. The zero-order valence-corrected chi connectivity index (χ0v) is 10.8. The lowest BCUT2D eigenvalue weighted by Crippen LogP contribution is -2.41. The first-order valence-electron chi connectivity index (χ1n) is 6.26. The fraction of sp³-hybridized carbons (Fsp3) is 0.692. The molecule has 0 aromatic carbocycles. The molecule has 0 saturated carbocycles. The van der Waals surface area contributed by atoms with Crippen molar-refractivity contribution in [1.29, 1.82) is 0 Å². The highest BCUT2D eigenvalue weighted by atomic mass is 32.2. The first-order chi connectivity index (χ1) is 7.90. The maximum atomic E-state index is 5.15. The molecule has 1 aromatic rings. The second-order valence-electron chi connectivity index (χ2n) is 4.40. The average Bonchev–Trinajstić information content (AvgIpc) is 2.83. The van der Waals surface area contributed by atoms with Crippen LogP contribution in [0.4, 0.5) is 0 Å². The Balaban J connectivity index is 1.92. The van der Waals surface area contributed by atoms with Crippen molar-refractivity contribution in [2.75, 3.05) is 12.3 Å². The van der Waals surface area contributed by atoms with Crippen molar-refractivity contribution < 1.29 is 4.42 Å². The molecule has 0 amide bonds. The van der Waals surface area contributed by atoms with Gasteiger partial charge in [-0.05, 0) is 43.2 Å². The molecule has 1 aliphatic heterocycles. The maximum absolute atomic E-state index is 5.15. The molecule has 2 rings (SSSR count). The maximum Gasteiger partial charge on any atom is 0.0935 e. The van der Waals surface area contributed by atoms with Crippen LogP contribution in [0.3, 0.4) is 0 Å². The van der Waals surface area contributed by atoms with Gasteiger partial charge in [-0.25, -0.2) is 0 Å². The summed E-state index contributed by atoms with van der Waals surface area (Å²) in [4.78, 5) is 0. The minimum Gasteiger partial charge on any atom is -0.472 e. The van der Waals surface area contributed by atoms with Crippen LogP contribution < -0.4 is 5.32 Å². The summed E-state index contributed by atoms with van der Waals surface area (Å²) in [7, 11) is 0. The Morgan fingerprint density at radius 2 is 2.50 bits per heavy atom. The molecule has 16 heavy (non-hydrogen) atoms. The molecular formula is C13H21NOS. The smallest absolute Gasteiger partial charge is 0.0935 e. The number of hydrogen-bond acceptors (Lipinski definition) is 3. The Morgan fingerprint density at radius 3 is 3.12 bits per heavy atom. The van der Waals surface area contributed by atoms with Crippen LogP contribution >= 0.6 is 11.8 Å². The van der Waals surface area contributed by atoms with Crippen LogP contribution in [0.25, 0.3) is 0 Å². The van der Waals surface area contributed by atoms with Gasteiger partial charge in [0.25, 0.3) is 0 Å². The Hall–Kier alpha value is -0.410. The van der Waals surface area contributed by atoms with Gasteiger partial charge in [-0.3, -0.25) is 0 Å². The molecule has 1 N–H and O–H groups in total. The average molecular weight is 239 g/mol. The molecule has 0 radical (unpaired) electrons. The molecule has 90 valence electrons. The van der Waals surface area contributed by atoms with Crippen LogP contribution in [-0.4, -0.2) is 23.6 Å². The fourth-order valence-electron chi connectivity index (χ4n) is 2.34. The summed E-state index contributed by atoms with van der Waals surface area (Å²) >= 11 is 2.14. The van der Waals surface area contributed by atoms with Crippen LogP contribution in [-0.2, 0) is 6.42 Å². The van der Waals surface area contributed by atoms with Gasteiger partial charge in [0.2, 0.25) is 0 Å². The van der Waals surface area contributed by atoms with E-state index in [2.05, 4.69) is 30.1 Å². The molecule has 2 atom stereocenters. The van der Waals surface area contributed by atoms with Gasteiger partial charge < -0.3 is 9.73 Å². The molecule has 0 spiro atoms. The minimum atomic E-state index is 0.605. The third kappa shape index (κ3) is 3.29.